The minimum atomic E-state index is -0.246. The van der Waals surface area contributed by atoms with Gasteiger partial charge in [-0.15, -0.1) is 0 Å². The van der Waals surface area contributed by atoms with Crippen LogP contribution in [-0.2, 0) is 18.6 Å². The number of amides is 1. The Kier molecular flexibility index (Phi) is 6.64. The SMILES string of the molecule is CC(C)(C)c1ccc(OCc2ccc(C(=O)NCCCn3cc(Cl)cn3)o2)cc1. The molecule has 1 N–H and O–H groups in total. The third-order valence-corrected chi connectivity index (χ3v) is 4.63. The Morgan fingerprint density at radius 3 is 2.62 bits per heavy atom. The number of halogens is 1. The molecule has 0 aliphatic rings. The summed E-state index contributed by atoms with van der Waals surface area (Å²) in [6.07, 6.45) is 4.08. The second kappa shape index (κ2) is 9.18. The Morgan fingerprint density at radius 1 is 1.21 bits per heavy atom. The second-order valence-electron chi connectivity index (χ2n) is 7.86. The molecule has 0 saturated heterocycles. The number of rotatable bonds is 8. The standard InChI is InChI=1S/C22H26ClN3O3/c1-22(2,3)16-5-7-18(8-6-16)28-15-19-9-10-20(29-19)21(27)24-11-4-12-26-14-17(23)13-25-26/h5-10,13-14H,4,11-12,15H2,1-3H3,(H,24,27). The van der Waals surface area contributed by atoms with Crippen LogP contribution in [0.1, 0.15) is 49.1 Å². The van der Waals surface area contributed by atoms with E-state index in [0.717, 1.165) is 12.2 Å². The number of carbonyl (C=O) groups excluding carboxylic acids is 1. The van der Waals surface area contributed by atoms with Gasteiger partial charge in [0.1, 0.15) is 18.1 Å². The molecule has 0 radical (unpaired) electrons. The van der Waals surface area contributed by atoms with Gasteiger partial charge in [-0.05, 0) is 41.7 Å². The van der Waals surface area contributed by atoms with Crippen molar-refractivity contribution in [2.45, 2.75) is 45.8 Å². The monoisotopic (exact) mass is 415 g/mol. The molecule has 0 aliphatic carbocycles. The van der Waals surface area contributed by atoms with Crippen molar-refractivity contribution in [3.05, 3.63) is 70.9 Å². The third-order valence-electron chi connectivity index (χ3n) is 4.44. The lowest BCUT2D eigenvalue weighted by atomic mass is 9.87. The van der Waals surface area contributed by atoms with Gasteiger partial charge in [0.2, 0.25) is 0 Å². The van der Waals surface area contributed by atoms with Gasteiger partial charge >= 0.3 is 0 Å². The summed E-state index contributed by atoms with van der Waals surface area (Å²) >= 11 is 5.82. The molecule has 0 fully saturated rings. The van der Waals surface area contributed by atoms with Crippen LogP contribution in [0.25, 0.3) is 0 Å². The van der Waals surface area contributed by atoms with Crippen LogP contribution in [0.4, 0.5) is 0 Å². The van der Waals surface area contributed by atoms with Gasteiger partial charge in [-0.25, -0.2) is 0 Å². The lowest BCUT2D eigenvalue weighted by molar-refractivity contribution is 0.0921. The summed E-state index contributed by atoms with van der Waals surface area (Å²) in [7, 11) is 0. The number of hydrogen-bond acceptors (Lipinski definition) is 4. The Labute approximate surface area is 175 Å². The average Bonchev–Trinajstić information content (AvgIpc) is 3.32. The number of nitrogens with zero attached hydrogens (tertiary/aromatic N) is 2. The zero-order valence-electron chi connectivity index (χ0n) is 16.9. The van der Waals surface area contributed by atoms with E-state index in [1.54, 1.807) is 29.2 Å². The molecule has 0 aliphatic heterocycles. The highest BCUT2D eigenvalue weighted by Crippen LogP contribution is 2.24. The molecule has 7 heteroatoms. The van der Waals surface area contributed by atoms with Crippen LogP contribution in [0.15, 0.2) is 53.2 Å². The number of nitrogens with one attached hydrogen (secondary N) is 1. The van der Waals surface area contributed by atoms with Crippen molar-refractivity contribution in [3.63, 3.8) is 0 Å². The molecule has 6 nitrogen and oxygen atoms in total. The summed E-state index contributed by atoms with van der Waals surface area (Å²) in [4.78, 5) is 12.2. The van der Waals surface area contributed by atoms with Gasteiger partial charge in [0.05, 0.1) is 11.2 Å². The fourth-order valence-electron chi connectivity index (χ4n) is 2.77. The number of hydrogen-bond donors (Lipinski definition) is 1. The van der Waals surface area contributed by atoms with Crippen LogP contribution in [0, 0.1) is 0 Å². The maximum atomic E-state index is 12.2. The first-order valence-electron chi connectivity index (χ1n) is 9.59. The first-order chi connectivity index (χ1) is 13.8. The number of ether oxygens (including phenoxy) is 1. The highest BCUT2D eigenvalue weighted by molar-refractivity contribution is 6.30. The summed E-state index contributed by atoms with van der Waals surface area (Å²) in [6.45, 7) is 7.98. The summed E-state index contributed by atoms with van der Waals surface area (Å²) < 4.78 is 13.1. The van der Waals surface area contributed by atoms with E-state index in [2.05, 4.69) is 43.3 Å². The van der Waals surface area contributed by atoms with E-state index in [1.165, 1.54) is 5.56 Å². The zero-order valence-corrected chi connectivity index (χ0v) is 17.7. The van der Waals surface area contributed by atoms with Crippen molar-refractivity contribution < 1.29 is 13.9 Å². The molecule has 0 bridgehead atoms. The number of aryl methyl sites for hydroxylation is 1. The molecule has 0 unspecified atom stereocenters. The molecule has 1 aromatic carbocycles. The minimum Gasteiger partial charge on any atom is -0.486 e. The number of benzene rings is 1. The van der Waals surface area contributed by atoms with Crippen molar-refractivity contribution in [2.75, 3.05) is 6.54 Å². The normalized spacial score (nSPS) is 11.4. The minimum absolute atomic E-state index is 0.104. The largest absolute Gasteiger partial charge is 0.486 e. The van der Waals surface area contributed by atoms with Gasteiger partial charge in [-0.1, -0.05) is 44.5 Å². The lowest BCUT2D eigenvalue weighted by Gasteiger charge is -2.19. The van der Waals surface area contributed by atoms with Gasteiger partial charge in [-0.3, -0.25) is 9.48 Å². The first kappa shape index (κ1) is 21.0. The van der Waals surface area contributed by atoms with Crippen molar-refractivity contribution in [2.24, 2.45) is 0 Å². The van der Waals surface area contributed by atoms with Gasteiger partial charge in [0.25, 0.3) is 5.91 Å². The van der Waals surface area contributed by atoms with Gasteiger partial charge < -0.3 is 14.5 Å². The molecule has 154 valence electrons. The number of furan rings is 1. The van der Waals surface area contributed by atoms with E-state index < -0.39 is 0 Å². The van der Waals surface area contributed by atoms with Crippen LogP contribution in [0.3, 0.4) is 0 Å². The van der Waals surface area contributed by atoms with E-state index in [0.29, 0.717) is 23.9 Å². The fraction of sp³-hybridized carbons (Fsp3) is 0.364. The van der Waals surface area contributed by atoms with E-state index in [9.17, 15) is 4.79 Å². The Bertz CT molecular complexity index is 939. The van der Waals surface area contributed by atoms with Gasteiger partial charge in [0, 0.05) is 19.3 Å². The van der Waals surface area contributed by atoms with Gasteiger partial charge in [0.15, 0.2) is 5.76 Å². The zero-order chi connectivity index (χ0) is 20.9. The molecule has 0 spiro atoms. The number of aromatic nitrogens is 2. The molecule has 29 heavy (non-hydrogen) atoms. The molecule has 0 atom stereocenters. The topological polar surface area (TPSA) is 69.3 Å². The molecular formula is C22H26ClN3O3. The van der Waals surface area contributed by atoms with Crippen molar-refractivity contribution >= 4 is 17.5 Å². The predicted molar refractivity (Wildman–Crippen MR) is 112 cm³/mol. The van der Waals surface area contributed by atoms with Crippen molar-refractivity contribution in [1.82, 2.24) is 15.1 Å². The van der Waals surface area contributed by atoms with Crippen LogP contribution >= 0.6 is 11.6 Å². The molecule has 3 aromatic rings. The predicted octanol–water partition coefficient (Wildman–Crippen LogP) is 4.83. The maximum Gasteiger partial charge on any atom is 0.286 e. The quantitative estimate of drug-likeness (QED) is 0.535. The lowest BCUT2D eigenvalue weighted by Crippen LogP contribution is -2.24. The van der Waals surface area contributed by atoms with Crippen LogP contribution in [0.5, 0.6) is 5.75 Å². The van der Waals surface area contributed by atoms with E-state index >= 15 is 0 Å². The molecule has 2 heterocycles. The summed E-state index contributed by atoms with van der Waals surface area (Å²) in [5.74, 6) is 1.39. The summed E-state index contributed by atoms with van der Waals surface area (Å²) in [5, 5.41) is 7.53. The van der Waals surface area contributed by atoms with Crippen LogP contribution in [-0.4, -0.2) is 22.2 Å². The van der Waals surface area contributed by atoms with Crippen molar-refractivity contribution in [1.29, 1.82) is 0 Å². The van der Waals surface area contributed by atoms with Crippen molar-refractivity contribution in [3.8, 4) is 5.75 Å². The van der Waals surface area contributed by atoms with Crippen LogP contribution < -0.4 is 10.1 Å². The molecule has 1 amide bonds. The Balaban J connectivity index is 1.43. The summed E-state index contributed by atoms with van der Waals surface area (Å²) in [6, 6.07) is 11.4. The smallest absolute Gasteiger partial charge is 0.286 e. The maximum absolute atomic E-state index is 12.2. The van der Waals surface area contributed by atoms with Crippen LogP contribution in [0.2, 0.25) is 5.02 Å². The molecule has 0 saturated carbocycles. The average molecular weight is 416 g/mol. The highest BCUT2D eigenvalue weighted by Gasteiger charge is 2.14. The summed E-state index contributed by atoms with van der Waals surface area (Å²) in [5.41, 5.74) is 1.35. The number of carbonyl (C=O) groups is 1. The van der Waals surface area contributed by atoms with Gasteiger partial charge in [-0.2, -0.15) is 5.10 Å². The molecular weight excluding hydrogens is 390 g/mol. The fourth-order valence-corrected chi connectivity index (χ4v) is 2.93. The van der Waals surface area contributed by atoms with E-state index in [4.69, 9.17) is 20.8 Å². The Morgan fingerprint density at radius 2 is 1.97 bits per heavy atom. The molecule has 2 aromatic heterocycles. The molecule has 3 rings (SSSR count). The third kappa shape index (κ3) is 6.12. The second-order valence-corrected chi connectivity index (χ2v) is 8.30. The van der Waals surface area contributed by atoms with E-state index in [1.807, 2.05) is 12.1 Å². The first-order valence-corrected chi connectivity index (χ1v) is 9.97. The Hall–Kier alpha value is -2.73. The highest BCUT2D eigenvalue weighted by atomic mass is 35.5. The van der Waals surface area contributed by atoms with E-state index in [-0.39, 0.29) is 23.7 Å².